The Bertz CT molecular complexity index is 748. The number of carbonyl (C=O) groups is 2. The molecule has 6 nitrogen and oxygen atoms in total. The molecule has 0 unspecified atom stereocenters. The largest absolute Gasteiger partial charge is 0.494 e. The molecule has 138 valence electrons. The maximum absolute atomic E-state index is 12.1. The number of ether oxygens (including phenoxy) is 3. The second kappa shape index (κ2) is 9.68. The lowest BCUT2D eigenvalue weighted by Gasteiger charge is -2.14. The standard InChI is InChI=1S/C19H20ClNO5/c1-3-24-16-9-7-15(8-10-16)21-19(23)13(2)26-18(22)12-25-17-6-4-5-14(20)11-17/h4-11,13H,3,12H2,1-2H3,(H,21,23)/t13-/m1/s1. The van der Waals surface area contributed by atoms with E-state index in [0.29, 0.717) is 28.8 Å². The lowest BCUT2D eigenvalue weighted by Crippen LogP contribution is -2.31. The number of esters is 1. The van der Waals surface area contributed by atoms with E-state index >= 15 is 0 Å². The Labute approximate surface area is 157 Å². The van der Waals surface area contributed by atoms with Gasteiger partial charge in [0.05, 0.1) is 6.61 Å². The summed E-state index contributed by atoms with van der Waals surface area (Å²) in [6.07, 6.45) is -0.961. The topological polar surface area (TPSA) is 73.9 Å². The van der Waals surface area contributed by atoms with Crippen LogP contribution in [0.1, 0.15) is 13.8 Å². The molecule has 0 saturated carbocycles. The summed E-state index contributed by atoms with van der Waals surface area (Å²) in [5, 5.41) is 3.17. The molecule has 1 amide bonds. The fourth-order valence-corrected chi connectivity index (χ4v) is 2.21. The Morgan fingerprint density at radius 1 is 1.08 bits per heavy atom. The first-order valence-corrected chi connectivity index (χ1v) is 8.47. The molecule has 1 atom stereocenters. The molecule has 0 spiro atoms. The molecule has 0 radical (unpaired) electrons. The van der Waals surface area contributed by atoms with E-state index in [1.54, 1.807) is 48.5 Å². The third-order valence-corrected chi connectivity index (χ3v) is 3.50. The molecular formula is C19H20ClNO5. The molecule has 2 aromatic carbocycles. The zero-order valence-electron chi connectivity index (χ0n) is 14.5. The van der Waals surface area contributed by atoms with Gasteiger partial charge in [0.2, 0.25) is 0 Å². The zero-order valence-corrected chi connectivity index (χ0v) is 15.3. The first-order valence-electron chi connectivity index (χ1n) is 8.09. The minimum Gasteiger partial charge on any atom is -0.494 e. The molecule has 2 rings (SSSR count). The van der Waals surface area contributed by atoms with Crippen LogP contribution in [0, 0.1) is 0 Å². The van der Waals surface area contributed by atoms with Crippen LogP contribution in [0.2, 0.25) is 5.02 Å². The highest BCUT2D eigenvalue weighted by molar-refractivity contribution is 6.30. The molecule has 0 fully saturated rings. The fraction of sp³-hybridized carbons (Fsp3) is 0.263. The summed E-state index contributed by atoms with van der Waals surface area (Å²) in [6, 6.07) is 13.6. The lowest BCUT2D eigenvalue weighted by atomic mass is 10.3. The highest BCUT2D eigenvalue weighted by atomic mass is 35.5. The monoisotopic (exact) mass is 377 g/mol. The maximum Gasteiger partial charge on any atom is 0.344 e. The number of benzene rings is 2. The Morgan fingerprint density at radius 2 is 1.81 bits per heavy atom. The molecule has 0 aromatic heterocycles. The van der Waals surface area contributed by atoms with Crippen LogP contribution in [-0.2, 0) is 14.3 Å². The van der Waals surface area contributed by atoms with Gasteiger partial charge in [-0.05, 0) is 56.3 Å². The summed E-state index contributed by atoms with van der Waals surface area (Å²) in [6.45, 7) is 3.62. The number of anilines is 1. The normalized spacial score (nSPS) is 11.3. The number of nitrogens with one attached hydrogen (secondary N) is 1. The van der Waals surface area contributed by atoms with E-state index in [9.17, 15) is 9.59 Å². The van der Waals surface area contributed by atoms with Gasteiger partial charge in [0, 0.05) is 10.7 Å². The average Bonchev–Trinajstić information content (AvgIpc) is 2.62. The van der Waals surface area contributed by atoms with Gasteiger partial charge >= 0.3 is 5.97 Å². The third-order valence-electron chi connectivity index (χ3n) is 3.26. The van der Waals surface area contributed by atoms with Crippen molar-refractivity contribution >= 4 is 29.2 Å². The zero-order chi connectivity index (χ0) is 18.9. The quantitative estimate of drug-likeness (QED) is 0.710. The SMILES string of the molecule is CCOc1ccc(NC(=O)[C@@H](C)OC(=O)COc2cccc(Cl)c2)cc1. The fourth-order valence-electron chi connectivity index (χ4n) is 2.03. The molecule has 0 aliphatic heterocycles. The number of carbonyl (C=O) groups excluding carboxylic acids is 2. The van der Waals surface area contributed by atoms with Crippen molar-refractivity contribution in [1.29, 1.82) is 0 Å². The predicted octanol–water partition coefficient (Wildman–Crippen LogP) is 3.69. The van der Waals surface area contributed by atoms with Crippen molar-refractivity contribution in [1.82, 2.24) is 0 Å². The van der Waals surface area contributed by atoms with E-state index < -0.39 is 18.0 Å². The van der Waals surface area contributed by atoms with Crippen molar-refractivity contribution in [2.75, 3.05) is 18.5 Å². The Balaban J connectivity index is 1.79. The van der Waals surface area contributed by atoms with Crippen LogP contribution in [0.5, 0.6) is 11.5 Å². The molecule has 26 heavy (non-hydrogen) atoms. The van der Waals surface area contributed by atoms with E-state index in [4.69, 9.17) is 25.8 Å². The number of hydrogen-bond acceptors (Lipinski definition) is 5. The van der Waals surface area contributed by atoms with E-state index in [1.807, 2.05) is 6.92 Å². The van der Waals surface area contributed by atoms with Gasteiger partial charge < -0.3 is 19.5 Å². The second-order valence-electron chi connectivity index (χ2n) is 5.32. The van der Waals surface area contributed by atoms with Crippen LogP contribution in [0.15, 0.2) is 48.5 Å². The Kier molecular flexibility index (Phi) is 7.29. The van der Waals surface area contributed by atoms with Gasteiger partial charge in [-0.15, -0.1) is 0 Å². The van der Waals surface area contributed by atoms with E-state index in [0.717, 1.165) is 0 Å². The number of halogens is 1. The van der Waals surface area contributed by atoms with Gasteiger partial charge in [-0.1, -0.05) is 17.7 Å². The van der Waals surface area contributed by atoms with Gasteiger partial charge in [-0.25, -0.2) is 4.79 Å². The number of rotatable bonds is 8. The highest BCUT2D eigenvalue weighted by Crippen LogP contribution is 2.17. The summed E-state index contributed by atoms with van der Waals surface area (Å²) in [4.78, 5) is 23.9. The third kappa shape index (κ3) is 6.29. The lowest BCUT2D eigenvalue weighted by molar-refractivity contribution is -0.155. The van der Waals surface area contributed by atoms with Crippen LogP contribution in [0.3, 0.4) is 0 Å². The van der Waals surface area contributed by atoms with Crippen molar-refractivity contribution < 1.29 is 23.8 Å². The maximum atomic E-state index is 12.1. The molecular weight excluding hydrogens is 358 g/mol. The van der Waals surface area contributed by atoms with Crippen molar-refractivity contribution in [3.8, 4) is 11.5 Å². The minimum absolute atomic E-state index is 0.318. The second-order valence-corrected chi connectivity index (χ2v) is 5.76. The van der Waals surface area contributed by atoms with Crippen LogP contribution < -0.4 is 14.8 Å². The number of hydrogen-bond donors (Lipinski definition) is 1. The van der Waals surface area contributed by atoms with Crippen LogP contribution in [0.4, 0.5) is 5.69 Å². The smallest absolute Gasteiger partial charge is 0.344 e. The molecule has 0 heterocycles. The highest BCUT2D eigenvalue weighted by Gasteiger charge is 2.18. The first-order chi connectivity index (χ1) is 12.5. The molecule has 0 bridgehead atoms. The summed E-state index contributed by atoms with van der Waals surface area (Å²) in [7, 11) is 0. The van der Waals surface area contributed by atoms with Gasteiger partial charge in [0.25, 0.3) is 5.91 Å². The van der Waals surface area contributed by atoms with Crippen molar-refractivity contribution in [3.05, 3.63) is 53.6 Å². The van der Waals surface area contributed by atoms with Crippen LogP contribution >= 0.6 is 11.6 Å². The average molecular weight is 378 g/mol. The summed E-state index contributed by atoms with van der Waals surface area (Å²) >= 11 is 5.83. The molecule has 1 N–H and O–H groups in total. The summed E-state index contributed by atoms with van der Waals surface area (Å²) in [5.74, 6) is 0.0636. The van der Waals surface area contributed by atoms with Crippen molar-refractivity contribution in [2.45, 2.75) is 20.0 Å². The molecule has 7 heteroatoms. The Morgan fingerprint density at radius 3 is 2.46 bits per heavy atom. The molecule has 0 saturated heterocycles. The van der Waals surface area contributed by atoms with Crippen LogP contribution in [-0.4, -0.2) is 31.2 Å². The Hall–Kier alpha value is -2.73. The van der Waals surface area contributed by atoms with E-state index in [-0.39, 0.29) is 6.61 Å². The van der Waals surface area contributed by atoms with Gasteiger partial charge in [-0.3, -0.25) is 4.79 Å². The summed E-state index contributed by atoms with van der Waals surface area (Å²) in [5.41, 5.74) is 0.580. The van der Waals surface area contributed by atoms with Crippen LogP contribution in [0.25, 0.3) is 0 Å². The minimum atomic E-state index is -0.961. The van der Waals surface area contributed by atoms with E-state index in [2.05, 4.69) is 5.32 Å². The first kappa shape index (κ1) is 19.6. The van der Waals surface area contributed by atoms with Crippen molar-refractivity contribution in [3.63, 3.8) is 0 Å². The van der Waals surface area contributed by atoms with Gasteiger partial charge in [-0.2, -0.15) is 0 Å². The molecule has 0 aliphatic rings. The molecule has 0 aliphatic carbocycles. The summed E-state index contributed by atoms with van der Waals surface area (Å²) < 4.78 is 15.7. The van der Waals surface area contributed by atoms with E-state index in [1.165, 1.54) is 6.92 Å². The predicted molar refractivity (Wildman–Crippen MR) is 98.7 cm³/mol. The van der Waals surface area contributed by atoms with Gasteiger partial charge in [0.1, 0.15) is 11.5 Å². The van der Waals surface area contributed by atoms with Gasteiger partial charge in [0.15, 0.2) is 12.7 Å². The molecule has 2 aromatic rings. The van der Waals surface area contributed by atoms with Crippen molar-refractivity contribution in [2.24, 2.45) is 0 Å². The number of amides is 1.